The first kappa shape index (κ1) is 18.6. The van der Waals surface area contributed by atoms with Crippen LogP contribution in [0, 0.1) is 0 Å². The van der Waals surface area contributed by atoms with Gasteiger partial charge in [0.2, 0.25) is 10.0 Å². The third kappa shape index (κ3) is 3.80. The number of amides is 1. The van der Waals surface area contributed by atoms with Crippen LogP contribution in [0.3, 0.4) is 0 Å². The maximum Gasteiger partial charge on any atom is 0.262 e. The van der Waals surface area contributed by atoms with Gasteiger partial charge >= 0.3 is 0 Å². The molecule has 1 aliphatic carbocycles. The number of sulfonamides is 1. The lowest BCUT2D eigenvalue weighted by atomic mass is 9.88. The summed E-state index contributed by atoms with van der Waals surface area (Å²) in [6.45, 7) is 1.40. The number of thiophene rings is 1. The van der Waals surface area contributed by atoms with Gasteiger partial charge in [0.05, 0.1) is 13.2 Å². The van der Waals surface area contributed by atoms with E-state index < -0.39 is 10.0 Å². The molecule has 1 atom stereocenters. The first-order chi connectivity index (χ1) is 13.1. The molecule has 1 saturated heterocycles. The smallest absolute Gasteiger partial charge is 0.262 e. The molecule has 6 nitrogen and oxygen atoms in total. The monoisotopic (exact) mass is 406 g/mol. The number of rotatable bonds is 4. The summed E-state index contributed by atoms with van der Waals surface area (Å²) in [6, 6.07) is 9.81. The lowest BCUT2D eigenvalue weighted by Gasteiger charge is -2.27. The Hall–Kier alpha value is -1.74. The SMILES string of the molecule is O=C(NC1CCc2ccccc2C1)c1sccc1S(=O)(=O)N1CCOCC1. The molecule has 2 heterocycles. The largest absolute Gasteiger partial charge is 0.379 e. The Morgan fingerprint density at radius 2 is 1.89 bits per heavy atom. The maximum atomic E-state index is 12.9. The van der Waals surface area contributed by atoms with Gasteiger partial charge in [0, 0.05) is 19.1 Å². The minimum atomic E-state index is -3.68. The minimum Gasteiger partial charge on any atom is -0.379 e. The molecule has 2 aromatic rings. The number of carbonyl (C=O) groups excluding carboxylic acids is 1. The van der Waals surface area contributed by atoms with Crippen molar-refractivity contribution in [3.8, 4) is 0 Å². The summed E-state index contributed by atoms with van der Waals surface area (Å²) in [5, 5.41) is 4.71. The Labute approximate surface area is 163 Å². The van der Waals surface area contributed by atoms with Crippen molar-refractivity contribution in [2.75, 3.05) is 26.3 Å². The second-order valence-corrected chi connectivity index (χ2v) is 9.63. The van der Waals surface area contributed by atoms with Crippen LogP contribution in [0.25, 0.3) is 0 Å². The van der Waals surface area contributed by atoms with Gasteiger partial charge in [-0.15, -0.1) is 11.3 Å². The standard InChI is InChI=1S/C19H22N2O4S2/c22-19(20-16-6-5-14-3-1-2-4-15(14)13-16)18-17(7-12-26-18)27(23,24)21-8-10-25-11-9-21/h1-4,7,12,16H,5-6,8-11,13H2,(H,20,22). The molecule has 1 unspecified atom stereocenters. The molecule has 2 aliphatic rings. The number of ether oxygens (including phenoxy) is 1. The summed E-state index contributed by atoms with van der Waals surface area (Å²) >= 11 is 1.17. The van der Waals surface area contributed by atoms with Crippen molar-refractivity contribution in [2.45, 2.75) is 30.2 Å². The molecule has 1 aromatic heterocycles. The fraction of sp³-hybridized carbons (Fsp3) is 0.421. The summed E-state index contributed by atoms with van der Waals surface area (Å²) in [4.78, 5) is 13.2. The number of benzene rings is 1. The average Bonchev–Trinajstić information content (AvgIpc) is 3.19. The van der Waals surface area contributed by atoms with Crippen molar-refractivity contribution in [2.24, 2.45) is 0 Å². The number of hydrogen-bond acceptors (Lipinski definition) is 5. The van der Waals surface area contributed by atoms with Crippen LogP contribution >= 0.6 is 11.3 Å². The molecular formula is C19H22N2O4S2. The van der Waals surface area contributed by atoms with Crippen LogP contribution in [-0.4, -0.2) is 51.0 Å². The second kappa shape index (κ2) is 7.71. The van der Waals surface area contributed by atoms with Crippen molar-refractivity contribution in [3.05, 3.63) is 51.7 Å². The Bertz CT molecular complexity index is 933. The zero-order valence-corrected chi connectivity index (χ0v) is 16.5. The predicted molar refractivity (Wildman–Crippen MR) is 104 cm³/mol. The Morgan fingerprint density at radius 1 is 1.15 bits per heavy atom. The molecule has 0 radical (unpaired) electrons. The molecule has 1 fully saturated rings. The van der Waals surface area contributed by atoms with Gasteiger partial charge < -0.3 is 10.1 Å². The molecule has 0 saturated carbocycles. The first-order valence-corrected chi connectivity index (χ1v) is 11.4. The fourth-order valence-corrected chi connectivity index (χ4v) is 6.38. The Morgan fingerprint density at radius 3 is 2.67 bits per heavy atom. The lowest BCUT2D eigenvalue weighted by molar-refractivity contribution is 0.0730. The van der Waals surface area contributed by atoms with Gasteiger partial charge in [0.1, 0.15) is 9.77 Å². The van der Waals surface area contributed by atoms with E-state index in [9.17, 15) is 13.2 Å². The van der Waals surface area contributed by atoms with Crippen LogP contribution < -0.4 is 5.32 Å². The number of fused-ring (bicyclic) bond motifs is 1. The van der Waals surface area contributed by atoms with Gasteiger partial charge in [0.25, 0.3) is 5.91 Å². The van der Waals surface area contributed by atoms with Crippen LogP contribution in [0.5, 0.6) is 0 Å². The fourth-order valence-electron chi connectivity index (χ4n) is 3.66. The first-order valence-electron chi connectivity index (χ1n) is 9.09. The van der Waals surface area contributed by atoms with Crippen LogP contribution in [0.2, 0.25) is 0 Å². The van der Waals surface area contributed by atoms with Gasteiger partial charge in [-0.3, -0.25) is 4.79 Å². The summed E-state index contributed by atoms with van der Waals surface area (Å²) < 4.78 is 32.5. The molecule has 1 aliphatic heterocycles. The van der Waals surface area contributed by atoms with Gasteiger partial charge in [-0.2, -0.15) is 4.31 Å². The molecule has 27 heavy (non-hydrogen) atoms. The van der Waals surface area contributed by atoms with Crippen molar-refractivity contribution in [3.63, 3.8) is 0 Å². The van der Waals surface area contributed by atoms with Crippen LogP contribution in [0.15, 0.2) is 40.6 Å². The number of morpholine rings is 1. The second-order valence-electron chi connectivity index (χ2n) is 6.81. The highest BCUT2D eigenvalue weighted by Gasteiger charge is 2.32. The zero-order chi connectivity index (χ0) is 18.9. The third-order valence-electron chi connectivity index (χ3n) is 5.11. The van der Waals surface area contributed by atoms with Crippen LogP contribution in [-0.2, 0) is 27.6 Å². The molecule has 144 valence electrons. The number of nitrogens with one attached hydrogen (secondary N) is 1. The van der Waals surface area contributed by atoms with Gasteiger partial charge in [0.15, 0.2) is 0 Å². The van der Waals surface area contributed by atoms with Crippen molar-refractivity contribution < 1.29 is 17.9 Å². The van der Waals surface area contributed by atoms with Crippen molar-refractivity contribution >= 4 is 27.3 Å². The molecule has 8 heteroatoms. The number of hydrogen-bond donors (Lipinski definition) is 1. The van der Waals surface area contributed by atoms with E-state index in [1.807, 2.05) is 12.1 Å². The number of nitrogens with zero attached hydrogens (tertiary/aromatic N) is 1. The molecule has 1 amide bonds. The third-order valence-corrected chi connectivity index (χ3v) is 8.09. The average molecular weight is 407 g/mol. The van der Waals surface area contributed by atoms with E-state index in [-0.39, 0.29) is 21.7 Å². The molecule has 0 spiro atoms. The predicted octanol–water partition coefficient (Wildman–Crippen LogP) is 2.06. The summed E-state index contributed by atoms with van der Waals surface area (Å²) in [5.74, 6) is -0.304. The quantitative estimate of drug-likeness (QED) is 0.843. The summed E-state index contributed by atoms with van der Waals surface area (Å²) in [5.41, 5.74) is 2.58. The zero-order valence-electron chi connectivity index (χ0n) is 14.9. The minimum absolute atomic E-state index is 0.0217. The maximum absolute atomic E-state index is 12.9. The van der Waals surface area contributed by atoms with E-state index in [1.165, 1.54) is 32.8 Å². The highest BCUT2D eigenvalue weighted by atomic mass is 32.2. The van der Waals surface area contributed by atoms with E-state index in [1.54, 1.807) is 5.38 Å². The molecule has 4 rings (SSSR count). The Balaban J connectivity index is 1.50. The highest BCUT2D eigenvalue weighted by molar-refractivity contribution is 7.89. The number of carbonyl (C=O) groups is 1. The molecule has 0 bridgehead atoms. The normalized spacial score (nSPS) is 20.8. The topological polar surface area (TPSA) is 75.7 Å². The number of aryl methyl sites for hydroxylation is 1. The van der Waals surface area contributed by atoms with E-state index >= 15 is 0 Å². The van der Waals surface area contributed by atoms with Crippen LogP contribution in [0.4, 0.5) is 0 Å². The Kier molecular flexibility index (Phi) is 5.32. The summed E-state index contributed by atoms with van der Waals surface area (Å²) in [6.07, 6.45) is 2.56. The van der Waals surface area contributed by atoms with Gasteiger partial charge in [-0.05, 0) is 41.8 Å². The molecular weight excluding hydrogens is 384 g/mol. The van der Waals surface area contributed by atoms with Gasteiger partial charge in [-0.25, -0.2) is 8.42 Å². The summed E-state index contributed by atoms with van der Waals surface area (Å²) in [7, 11) is -3.68. The van der Waals surface area contributed by atoms with Crippen molar-refractivity contribution in [1.29, 1.82) is 0 Å². The van der Waals surface area contributed by atoms with E-state index in [0.717, 1.165) is 19.3 Å². The highest BCUT2D eigenvalue weighted by Crippen LogP contribution is 2.27. The van der Waals surface area contributed by atoms with Gasteiger partial charge in [-0.1, -0.05) is 24.3 Å². The molecule has 1 N–H and O–H groups in total. The molecule has 1 aromatic carbocycles. The van der Waals surface area contributed by atoms with E-state index in [0.29, 0.717) is 26.3 Å². The van der Waals surface area contributed by atoms with Crippen molar-refractivity contribution in [1.82, 2.24) is 9.62 Å². The van der Waals surface area contributed by atoms with Crippen LogP contribution in [0.1, 0.15) is 27.2 Å². The van der Waals surface area contributed by atoms with E-state index in [2.05, 4.69) is 17.4 Å². The van der Waals surface area contributed by atoms with E-state index in [4.69, 9.17) is 4.74 Å². The lowest BCUT2D eigenvalue weighted by Crippen LogP contribution is -2.42.